The summed E-state index contributed by atoms with van der Waals surface area (Å²) >= 11 is 0. The van der Waals surface area contributed by atoms with Gasteiger partial charge in [-0.1, -0.05) is 18.2 Å². The van der Waals surface area contributed by atoms with Gasteiger partial charge in [0.05, 0.1) is 11.9 Å². The second-order valence-electron chi connectivity index (χ2n) is 4.41. The minimum atomic E-state index is -0.297. The van der Waals surface area contributed by atoms with Gasteiger partial charge in [0.25, 0.3) is 5.91 Å². The minimum Gasteiger partial charge on any atom is -0.380 e. The zero-order chi connectivity index (χ0) is 15.1. The molecule has 2 N–H and O–H groups in total. The lowest BCUT2D eigenvalue weighted by molar-refractivity contribution is 0.0946. The molecule has 21 heavy (non-hydrogen) atoms. The molecule has 0 saturated carbocycles. The summed E-state index contributed by atoms with van der Waals surface area (Å²) in [5.41, 5.74) is 1.99. The van der Waals surface area contributed by atoms with Gasteiger partial charge in [0.15, 0.2) is 0 Å². The van der Waals surface area contributed by atoms with E-state index in [9.17, 15) is 9.18 Å². The number of carbonyl (C=O) groups excluding carboxylic acids is 1. The third-order valence-corrected chi connectivity index (χ3v) is 2.81. The summed E-state index contributed by atoms with van der Waals surface area (Å²) in [5, 5.41) is 5.81. The highest BCUT2D eigenvalue weighted by Crippen LogP contribution is 2.06. The van der Waals surface area contributed by atoms with Crippen LogP contribution >= 0.6 is 0 Å². The molecule has 0 spiro atoms. The van der Waals surface area contributed by atoms with Gasteiger partial charge in [-0.3, -0.25) is 4.79 Å². The Morgan fingerprint density at radius 2 is 2.00 bits per heavy atom. The van der Waals surface area contributed by atoms with Gasteiger partial charge in [-0.25, -0.2) is 9.37 Å². The number of carbonyl (C=O) groups is 1. The summed E-state index contributed by atoms with van der Waals surface area (Å²) in [6.07, 6.45) is 3.33. The number of rotatable bonds is 6. The van der Waals surface area contributed by atoms with Crippen molar-refractivity contribution in [2.75, 3.05) is 11.9 Å². The minimum absolute atomic E-state index is 0.269. The van der Waals surface area contributed by atoms with Gasteiger partial charge < -0.3 is 10.6 Å². The second-order valence-corrected chi connectivity index (χ2v) is 4.41. The Morgan fingerprint density at radius 3 is 2.62 bits per heavy atom. The number of amides is 1. The van der Waals surface area contributed by atoms with Gasteiger partial charge in [0.2, 0.25) is 0 Å². The number of nitrogens with one attached hydrogen (secondary N) is 2. The van der Waals surface area contributed by atoms with Crippen LogP contribution in [-0.4, -0.2) is 17.4 Å². The molecule has 2 aromatic rings. The fourth-order valence-electron chi connectivity index (χ4n) is 1.70. The molecule has 0 aliphatic rings. The Morgan fingerprint density at radius 1 is 1.24 bits per heavy atom. The maximum Gasteiger partial charge on any atom is 0.270 e. The van der Waals surface area contributed by atoms with Gasteiger partial charge >= 0.3 is 0 Å². The van der Waals surface area contributed by atoms with E-state index >= 15 is 0 Å². The van der Waals surface area contributed by atoms with Crippen LogP contribution in [0.25, 0.3) is 0 Å². The van der Waals surface area contributed by atoms with Crippen molar-refractivity contribution in [1.82, 2.24) is 10.3 Å². The Labute approximate surface area is 122 Å². The molecule has 2 rings (SSSR count). The largest absolute Gasteiger partial charge is 0.380 e. The van der Waals surface area contributed by atoms with Crippen LogP contribution in [0.5, 0.6) is 0 Å². The highest BCUT2D eigenvalue weighted by Gasteiger charge is 2.06. The maximum atomic E-state index is 12.8. The van der Waals surface area contributed by atoms with Crippen molar-refractivity contribution in [3.8, 4) is 0 Å². The van der Waals surface area contributed by atoms with Crippen molar-refractivity contribution in [1.29, 1.82) is 0 Å². The van der Waals surface area contributed by atoms with Crippen molar-refractivity contribution in [3.05, 3.63) is 72.3 Å². The highest BCUT2D eigenvalue weighted by molar-refractivity contribution is 5.92. The number of hydrogen-bond acceptors (Lipinski definition) is 3. The van der Waals surface area contributed by atoms with Gasteiger partial charge in [-0.2, -0.15) is 0 Å². The standard InChI is InChI=1S/C16H16FN3O/c1-2-9-18-14-7-8-15(19-11-14)16(21)20-10-12-3-5-13(17)6-4-12/h2-8,11,18H,1,9-10H2,(H,20,21). The number of anilines is 1. The first-order chi connectivity index (χ1) is 10.2. The molecule has 0 bridgehead atoms. The fraction of sp³-hybridized carbons (Fsp3) is 0.125. The lowest BCUT2D eigenvalue weighted by atomic mass is 10.2. The molecule has 0 atom stereocenters. The quantitative estimate of drug-likeness (QED) is 0.802. The molecule has 1 amide bonds. The lowest BCUT2D eigenvalue weighted by Gasteiger charge is -2.06. The first-order valence-electron chi connectivity index (χ1n) is 6.52. The number of halogens is 1. The lowest BCUT2D eigenvalue weighted by Crippen LogP contribution is -2.23. The monoisotopic (exact) mass is 285 g/mol. The Kier molecular flexibility index (Phi) is 5.04. The number of benzene rings is 1. The average molecular weight is 285 g/mol. The summed E-state index contributed by atoms with van der Waals surface area (Å²) in [6, 6.07) is 9.41. The van der Waals surface area contributed by atoms with E-state index in [2.05, 4.69) is 22.2 Å². The molecule has 1 heterocycles. The van der Waals surface area contributed by atoms with E-state index in [0.717, 1.165) is 11.3 Å². The van der Waals surface area contributed by atoms with Crippen LogP contribution in [0.2, 0.25) is 0 Å². The Bertz CT molecular complexity index is 608. The molecule has 4 nitrogen and oxygen atoms in total. The molecule has 0 aliphatic carbocycles. The molecule has 0 radical (unpaired) electrons. The van der Waals surface area contributed by atoms with Crippen molar-refractivity contribution in [3.63, 3.8) is 0 Å². The van der Waals surface area contributed by atoms with E-state index in [1.165, 1.54) is 12.1 Å². The predicted molar refractivity (Wildman–Crippen MR) is 80.5 cm³/mol. The number of nitrogens with zero attached hydrogens (tertiary/aromatic N) is 1. The molecule has 5 heteroatoms. The van der Waals surface area contributed by atoms with E-state index in [4.69, 9.17) is 0 Å². The molecular weight excluding hydrogens is 269 g/mol. The number of hydrogen-bond donors (Lipinski definition) is 2. The van der Waals surface area contributed by atoms with Gasteiger partial charge in [-0.05, 0) is 29.8 Å². The molecule has 0 saturated heterocycles. The van der Waals surface area contributed by atoms with E-state index in [0.29, 0.717) is 18.8 Å². The van der Waals surface area contributed by atoms with Crippen LogP contribution < -0.4 is 10.6 Å². The topological polar surface area (TPSA) is 54.0 Å². The number of aromatic nitrogens is 1. The van der Waals surface area contributed by atoms with Crippen LogP contribution in [-0.2, 0) is 6.54 Å². The zero-order valence-corrected chi connectivity index (χ0v) is 11.5. The van der Waals surface area contributed by atoms with E-state index in [-0.39, 0.29) is 11.7 Å². The van der Waals surface area contributed by atoms with E-state index in [1.807, 2.05) is 0 Å². The van der Waals surface area contributed by atoms with Crippen molar-refractivity contribution < 1.29 is 9.18 Å². The van der Waals surface area contributed by atoms with Crippen LogP contribution in [0.3, 0.4) is 0 Å². The summed E-state index contributed by atoms with van der Waals surface area (Å²) in [4.78, 5) is 16.0. The second kappa shape index (κ2) is 7.19. The Hall–Kier alpha value is -2.69. The first-order valence-corrected chi connectivity index (χ1v) is 6.52. The first kappa shape index (κ1) is 14.7. The van der Waals surface area contributed by atoms with Crippen LogP contribution in [0, 0.1) is 5.82 Å². The highest BCUT2D eigenvalue weighted by atomic mass is 19.1. The average Bonchev–Trinajstić information content (AvgIpc) is 2.52. The normalized spacial score (nSPS) is 9.95. The fourth-order valence-corrected chi connectivity index (χ4v) is 1.70. The van der Waals surface area contributed by atoms with Crippen molar-refractivity contribution >= 4 is 11.6 Å². The van der Waals surface area contributed by atoms with Crippen LogP contribution in [0.4, 0.5) is 10.1 Å². The summed E-state index contributed by atoms with van der Waals surface area (Å²) in [7, 11) is 0. The molecule has 0 unspecified atom stereocenters. The molecule has 0 fully saturated rings. The predicted octanol–water partition coefficient (Wildman–Crippen LogP) is 2.75. The number of pyridine rings is 1. The zero-order valence-electron chi connectivity index (χ0n) is 11.5. The smallest absolute Gasteiger partial charge is 0.270 e. The van der Waals surface area contributed by atoms with Crippen molar-refractivity contribution in [2.45, 2.75) is 6.54 Å². The summed E-state index contributed by atoms with van der Waals surface area (Å²) < 4.78 is 12.8. The van der Waals surface area contributed by atoms with Crippen molar-refractivity contribution in [2.24, 2.45) is 0 Å². The maximum absolute atomic E-state index is 12.8. The SMILES string of the molecule is C=CCNc1ccc(C(=O)NCc2ccc(F)cc2)nc1. The van der Waals surface area contributed by atoms with E-state index in [1.54, 1.807) is 36.5 Å². The van der Waals surface area contributed by atoms with Gasteiger partial charge in [0.1, 0.15) is 11.5 Å². The van der Waals surface area contributed by atoms with Gasteiger partial charge in [-0.15, -0.1) is 6.58 Å². The third kappa shape index (κ3) is 4.42. The Balaban J connectivity index is 1.90. The third-order valence-electron chi connectivity index (χ3n) is 2.81. The molecular formula is C16H16FN3O. The van der Waals surface area contributed by atoms with Crippen LogP contribution in [0.1, 0.15) is 16.1 Å². The van der Waals surface area contributed by atoms with E-state index < -0.39 is 0 Å². The van der Waals surface area contributed by atoms with Gasteiger partial charge in [0, 0.05) is 13.1 Å². The molecule has 0 aliphatic heterocycles. The summed E-state index contributed by atoms with van der Waals surface area (Å²) in [5.74, 6) is -0.566. The van der Waals surface area contributed by atoms with Crippen LogP contribution in [0.15, 0.2) is 55.3 Å². The molecule has 1 aromatic heterocycles. The molecule has 1 aromatic carbocycles. The summed E-state index contributed by atoms with van der Waals surface area (Å²) in [6.45, 7) is 4.58. The molecule has 108 valence electrons.